The number of carbonyl (C=O) groups is 1. The zero-order chi connectivity index (χ0) is 13.9. The van der Waals surface area contributed by atoms with Crippen molar-refractivity contribution in [3.8, 4) is 11.8 Å². The van der Waals surface area contributed by atoms with Gasteiger partial charge in [0.1, 0.15) is 5.75 Å². The van der Waals surface area contributed by atoms with Gasteiger partial charge in [0.15, 0.2) is 6.10 Å². The van der Waals surface area contributed by atoms with Crippen molar-refractivity contribution in [1.29, 1.82) is 5.26 Å². The van der Waals surface area contributed by atoms with E-state index < -0.39 is 6.10 Å². The van der Waals surface area contributed by atoms with Crippen LogP contribution in [0.25, 0.3) is 0 Å². The van der Waals surface area contributed by atoms with Gasteiger partial charge in [-0.3, -0.25) is 4.79 Å². The highest BCUT2D eigenvalue weighted by molar-refractivity contribution is 5.95. The molecule has 4 heteroatoms. The largest absolute Gasteiger partial charge is 0.480 e. The summed E-state index contributed by atoms with van der Waals surface area (Å²) in [6.45, 7) is 0. The average molecular weight is 264 g/mol. The molecule has 2 aromatic rings. The van der Waals surface area contributed by atoms with E-state index in [9.17, 15) is 4.79 Å². The summed E-state index contributed by atoms with van der Waals surface area (Å²) in [5.74, 6) is 0.565. The summed E-state index contributed by atoms with van der Waals surface area (Å²) in [5.41, 5.74) is 2.16. The predicted molar refractivity (Wildman–Crippen MR) is 74.3 cm³/mol. The second-order valence-corrected chi connectivity index (χ2v) is 4.60. The molecule has 1 aliphatic rings. The van der Waals surface area contributed by atoms with Gasteiger partial charge in [-0.05, 0) is 29.8 Å². The van der Waals surface area contributed by atoms with Crippen LogP contribution in [-0.4, -0.2) is 12.0 Å². The number of hydrogen-bond donors (Lipinski definition) is 1. The fraction of sp³-hybridized carbons (Fsp3) is 0.125. The third-order valence-corrected chi connectivity index (χ3v) is 3.20. The fourth-order valence-corrected chi connectivity index (χ4v) is 2.22. The first-order valence-electron chi connectivity index (χ1n) is 6.32. The highest BCUT2D eigenvalue weighted by Crippen LogP contribution is 2.28. The van der Waals surface area contributed by atoms with E-state index in [4.69, 9.17) is 10.00 Å². The predicted octanol–water partition coefficient (Wildman–Crippen LogP) is 2.50. The topological polar surface area (TPSA) is 62.1 Å². The molecule has 0 saturated carbocycles. The van der Waals surface area contributed by atoms with E-state index in [2.05, 4.69) is 5.32 Å². The Hall–Kier alpha value is -2.80. The number of benzene rings is 2. The highest BCUT2D eigenvalue weighted by Gasteiger charge is 2.28. The maximum Gasteiger partial charge on any atom is 0.265 e. The van der Waals surface area contributed by atoms with Gasteiger partial charge >= 0.3 is 0 Å². The molecule has 2 aromatic carbocycles. The first-order chi connectivity index (χ1) is 9.76. The van der Waals surface area contributed by atoms with Crippen LogP contribution in [0.3, 0.4) is 0 Å². The second-order valence-electron chi connectivity index (χ2n) is 4.60. The molecule has 0 fully saturated rings. The molecular formula is C16H12N2O2. The molecule has 1 aliphatic heterocycles. The Morgan fingerprint density at radius 3 is 2.90 bits per heavy atom. The average Bonchev–Trinajstić information content (AvgIpc) is 2.91. The minimum atomic E-state index is -0.516. The Morgan fingerprint density at radius 2 is 2.10 bits per heavy atom. The SMILES string of the molecule is N#Cc1cccc(NC(=O)C2Cc3ccccc3O2)c1. The van der Waals surface area contributed by atoms with Gasteiger partial charge < -0.3 is 10.1 Å². The maximum atomic E-state index is 12.2. The lowest BCUT2D eigenvalue weighted by atomic mass is 10.1. The zero-order valence-electron chi connectivity index (χ0n) is 10.7. The Balaban J connectivity index is 1.71. The van der Waals surface area contributed by atoms with Gasteiger partial charge in [-0.2, -0.15) is 5.26 Å². The summed E-state index contributed by atoms with van der Waals surface area (Å²) < 4.78 is 5.62. The molecule has 1 N–H and O–H groups in total. The Bertz CT molecular complexity index is 679. The lowest BCUT2D eigenvalue weighted by Crippen LogP contribution is -2.31. The van der Waals surface area contributed by atoms with E-state index >= 15 is 0 Å². The first-order valence-corrected chi connectivity index (χ1v) is 6.32. The molecule has 0 bridgehead atoms. The smallest absolute Gasteiger partial charge is 0.265 e. The van der Waals surface area contributed by atoms with Crippen molar-refractivity contribution in [2.45, 2.75) is 12.5 Å². The number of carbonyl (C=O) groups excluding carboxylic acids is 1. The molecule has 3 rings (SSSR count). The Kier molecular flexibility index (Phi) is 3.10. The van der Waals surface area contributed by atoms with Crippen molar-refractivity contribution in [2.24, 2.45) is 0 Å². The van der Waals surface area contributed by atoms with Crippen molar-refractivity contribution < 1.29 is 9.53 Å². The normalized spacial score (nSPS) is 15.8. The quantitative estimate of drug-likeness (QED) is 0.906. The summed E-state index contributed by atoms with van der Waals surface area (Å²) in [4.78, 5) is 12.2. The molecule has 0 radical (unpaired) electrons. The van der Waals surface area contributed by atoms with Gasteiger partial charge in [-0.25, -0.2) is 0 Å². The second kappa shape index (κ2) is 5.06. The van der Waals surface area contributed by atoms with Crippen molar-refractivity contribution in [2.75, 3.05) is 5.32 Å². The lowest BCUT2D eigenvalue weighted by molar-refractivity contribution is -0.122. The number of anilines is 1. The van der Waals surface area contributed by atoms with Crippen LogP contribution in [0, 0.1) is 11.3 Å². The zero-order valence-corrected chi connectivity index (χ0v) is 10.7. The van der Waals surface area contributed by atoms with E-state index in [1.54, 1.807) is 24.3 Å². The first kappa shape index (κ1) is 12.2. The number of nitrogens with zero attached hydrogens (tertiary/aromatic N) is 1. The number of nitriles is 1. The summed E-state index contributed by atoms with van der Waals surface area (Å²) in [5, 5.41) is 11.6. The van der Waals surface area contributed by atoms with Crippen LogP contribution in [0.2, 0.25) is 0 Å². The van der Waals surface area contributed by atoms with Crippen molar-refractivity contribution in [3.05, 3.63) is 59.7 Å². The summed E-state index contributed by atoms with van der Waals surface area (Å²) in [7, 11) is 0. The fourth-order valence-electron chi connectivity index (χ4n) is 2.22. The van der Waals surface area contributed by atoms with Crippen LogP contribution in [0.15, 0.2) is 48.5 Å². The number of nitrogens with one attached hydrogen (secondary N) is 1. The summed E-state index contributed by atoms with van der Waals surface area (Å²) >= 11 is 0. The molecule has 1 amide bonds. The van der Waals surface area contributed by atoms with Crippen LogP contribution in [0.5, 0.6) is 5.75 Å². The van der Waals surface area contributed by atoms with E-state index in [0.29, 0.717) is 17.7 Å². The minimum Gasteiger partial charge on any atom is -0.480 e. The third kappa shape index (κ3) is 2.34. The van der Waals surface area contributed by atoms with Crippen LogP contribution < -0.4 is 10.1 Å². The van der Waals surface area contributed by atoms with Crippen molar-refractivity contribution in [1.82, 2.24) is 0 Å². The van der Waals surface area contributed by atoms with Gasteiger partial charge in [-0.1, -0.05) is 24.3 Å². The molecular weight excluding hydrogens is 252 g/mol. The molecule has 4 nitrogen and oxygen atoms in total. The Labute approximate surface area is 116 Å². The molecule has 1 atom stereocenters. The molecule has 0 saturated heterocycles. The standard InChI is InChI=1S/C16H12N2O2/c17-10-11-4-3-6-13(8-11)18-16(19)15-9-12-5-1-2-7-14(12)20-15/h1-8,15H,9H2,(H,18,19). The minimum absolute atomic E-state index is 0.198. The molecule has 0 aliphatic carbocycles. The van der Waals surface area contributed by atoms with Crippen LogP contribution >= 0.6 is 0 Å². The van der Waals surface area contributed by atoms with Crippen LogP contribution in [0.4, 0.5) is 5.69 Å². The monoisotopic (exact) mass is 264 g/mol. The van der Waals surface area contributed by atoms with Gasteiger partial charge in [-0.15, -0.1) is 0 Å². The third-order valence-electron chi connectivity index (χ3n) is 3.20. The van der Waals surface area contributed by atoms with Gasteiger partial charge in [0.05, 0.1) is 11.6 Å². The molecule has 0 aromatic heterocycles. The summed E-state index contributed by atoms with van der Waals surface area (Å²) in [6.07, 6.45) is 0.0538. The van der Waals surface area contributed by atoms with Gasteiger partial charge in [0.2, 0.25) is 0 Å². The molecule has 20 heavy (non-hydrogen) atoms. The van der Waals surface area contributed by atoms with Crippen molar-refractivity contribution >= 4 is 11.6 Å². The highest BCUT2D eigenvalue weighted by atomic mass is 16.5. The van der Waals surface area contributed by atoms with Gasteiger partial charge in [0.25, 0.3) is 5.91 Å². The number of ether oxygens (including phenoxy) is 1. The number of para-hydroxylation sites is 1. The maximum absolute atomic E-state index is 12.2. The number of fused-ring (bicyclic) bond motifs is 1. The number of amides is 1. The van der Waals surface area contributed by atoms with E-state index in [0.717, 1.165) is 11.3 Å². The lowest BCUT2D eigenvalue weighted by Gasteiger charge is -2.11. The van der Waals surface area contributed by atoms with Gasteiger partial charge in [0, 0.05) is 12.1 Å². The molecule has 1 heterocycles. The van der Waals surface area contributed by atoms with E-state index in [1.807, 2.05) is 30.3 Å². The molecule has 1 unspecified atom stereocenters. The van der Waals surface area contributed by atoms with Crippen LogP contribution in [0.1, 0.15) is 11.1 Å². The van der Waals surface area contributed by atoms with Crippen molar-refractivity contribution in [3.63, 3.8) is 0 Å². The van der Waals surface area contributed by atoms with E-state index in [1.165, 1.54) is 0 Å². The summed E-state index contributed by atoms with van der Waals surface area (Å²) in [6, 6.07) is 16.5. The number of hydrogen-bond acceptors (Lipinski definition) is 3. The molecule has 98 valence electrons. The molecule has 0 spiro atoms. The number of rotatable bonds is 2. The van der Waals surface area contributed by atoms with Crippen LogP contribution in [-0.2, 0) is 11.2 Å². The van der Waals surface area contributed by atoms with E-state index in [-0.39, 0.29) is 5.91 Å². The Morgan fingerprint density at radius 1 is 1.25 bits per heavy atom.